The minimum absolute atomic E-state index is 0.189. The number of pyridine rings is 1. The number of aromatic nitrogens is 1. The Hall–Kier alpha value is -2.70. The first-order valence-electron chi connectivity index (χ1n) is 15.5. The Bertz CT molecular complexity index is 1630. The highest BCUT2D eigenvalue weighted by Gasteiger charge is 2.31. The maximum Gasteiger partial charge on any atom is 0.273 e. The minimum Gasteiger partial charge on any atom is -0.459 e. The number of para-hydroxylation sites is 1. The van der Waals surface area contributed by atoms with Crippen LogP contribution in [0.25, 0.3) is 17.0 Å². The number of benzene rings is 1. The fourth-order valence-corrected chi connectivity index (χ4v) is 7.88. The normalized spacial score (nSPS) is 16.0. The summed E-state index contributed by atoms with van der Waals surface area (Å²) in [6.07, 6.45) is 18.8. The molecule has 3 aromatic rings. The van der Waals surface area contributed by atoms with Crippen LogP contribution in [0.3, 0.4) is 0 Å². The van der Waals surface area contributed by atoms with E-state index in [9.17, 15) is 14.2 Å². The zero-order valence-electron chi connectivity index (χ0n) is 28.9. The predicted octanol–water partition coefficient (Wildman–Crippen LogP) is 6.57. The number of carbonyl (C=O) groups is 2. The number of hydrogen-bond donors (Lipinski definition) is 1. The Labute approximate surface area is 283 Å². The molecule has 1 aliphatic heterocycles. The number of nitrogens with zero attached hydrogens (tertiary/aromatic N) is 3. The van der Waals surface area contributed by atoms with Gasteiger partial charge >= 0.3 is 0 Å². The van der Waals surface area contributed by atoms with E-state index < -0.39 is 27.5 Å². The second kappa shape index (κ2) is 15.7. The molecule has 1 aliphatic rings. The minimum atomic E-state index is -3.59. The number of amides is 2. The van der Waals surface area contributed by atoms with E-state index in [0.29, 0.717) is 43.1 Å². The zero-order chi connectivity index (χ0) is 34.4. The van der Waals surface area contributed by atoms with Gasteiger partial charge in [-0.25, -0.2) is 15.0 Å². The summed E-state index contributed by atoms with van der Waals surface area (Å²) in [7, 11) is -3.50. The largest absolute Gasteiger partial charge is 0.459 e. The molecule has 0 saturated heterocycles. The highest BCUT2D eigenvalue weighted by molar-refractivity contribution is 8.32. The van der Waals surface area contributed by atoms with E-state index in [-0.39, 0.29) is 25.0 Å². The predicted molar refractivity (Wildman–Crippen MR) is 202 cm³/mol. The van der Waals surface area contributed by atoms with Crippen molar-refractivity contribution in [3.05, 3.63) is 59.5 Å². The molecule has 1 aromatic carbocycles. The van der Waals surface area contributed by atoms with E-state index in [1.54, 1.807) is 31.2 Å². The Morgan fingerprint density at radius 3 is 2.57 bits per heavy atom. The van der Waals surface area contributed by atoms with Crippen LogP contribution in [0.4, 0.5) is 11.5 Å². The van der Waals surface area contributed by atoms with E-state index in [1.165, 1.54) is 11.0 Å². The van der Waals surface area contributed by atoms with Crippen molar-refractivity contribution in [2.75, 3.05) is 86.2 Å². The average molecular weight is 704 g/mol. The number of aryl methyl sites for hydroxylation is 1. The highest BCUT2D eigenvalue weighted by atomic mass is 32.3. The molecule has 1 atom stereocenters. The van der Waals surface area contributed by atoms with Crippen LogP contribution in [0.2, 0.25) is 6.32 Å². The van der Waals surface area contributed by atoms with E-state index in [1.807, 2.05) is 37.3 Å². The standard InChI is InChI=1S/C33H49BN4O6PS2/c1-25-27-11-9-10-12-29(27)44-30(25)23-37(2)31(39)14-13-26-21-28-33(36-22-26)38(32(40)15-17-35-28)24-43-45(41,34-16-19-46(3,4)5)42-18-20-47(6,7)8/h9-14,21-22,35H,15-20,23-24H2,1-8H3/b14-13+. The molecule has 1 radical (unpaired) electrons. The molecule has 0 fully saturated rings. The lowest BCUT2D eigenvalue weighted by molar-refractivity contribution is -0.125. The van der Waals surface area contributed by atoms with Crippen molar-refractivity contribution in [3.8, 4) is 0 Å². The van der Waals surface area contributed by atoms with Crippen molar-refractivity contribution in [2.45, 2.75) is 26.2 Å². The topological polar surface area (TPSA) is 114 Å². The Morgan fingerprint density at radius 1 is 1.15 bits per heavy atom. The van der Waals surface area contributed by atoms with Gasteiger partial charge in [-0.2, -0.15) is 0 Å². The van der Waals surface area contributed by atoms with E-state index in [0.717, 1.165) is 33.8 Å². The van der Waals surface area contributed by atoms with Gasteiger partial charge < -0.3 is 19.2 Å². The first-order valence-corrected chi connectivity index (χ1v) is 23.2. The van der Waals surface area contributed by atoms with E-state index in [2.05, 4.69) is 47.8 Å². The van der Waals surface area contributed by atoms with Gasteiger partial charge in [0.25, 0.3) is 14.5 Å². The van der Waals surface area contributed by atoms with Crippen LogP contribution >= 0.6 is 27.5 Å². The highest BCUT2D eigenvalue weighted by Crippen LogP contribution is 2.50. The van der Waals surface area contributed by atoms with Crippen LogP contribution in [0.15, 0.2) is 47.0 Å². The first-order chi connectivity index (χ1) is 22.0. The summed E-state index contributed by atoms with van der Waals surface area (Å²) in [5.41, 5.74) is 3.12. The summed E-state index contributed by atoms with van der Waals surface area (Å²) < 4.78 is 31.7. The molecular weight excluding hydrogens is 654 g/mol. The van der Waals surface area contributed by atoms with Crippen LogP contribution in [-0.2, 0) is 29.7 Å². The summed E-state index contributed by atoms with van der Waals surface area (Å²) in [5.74, 6) is 2.43. The number of likely N-dealkylation sites (N-methyl/N-ethyl adjacent to an activating group) is 1. The van der Waals surface area contributed by atoms with E-state index in [4.69, 9.17) is 13.5 Å². The Balaban J connectivity index is 1.44. The van der Waals surface area contributed by atoms with E-state index >= 15 is 0 Å². The van der Waals surface area contributed by atoms with Crippen LogP contribution in [0.5, 0.6) is 0 Å². The molecule has 47 heavy (non-hydrogen) atoms. The van der Waals surface area contributed by atoms with Crippen molar-refractivity contribution in [2.24, 2.45) is 0 Å². The van der Waals surface area contributed by atoms with Crippen LogP contribution in [0.1, 0.15) is 23.3 Å². The molecule has 14 heteroatoms. The summed E-state index contributed by atoms with van der Waals surface area (Å²) in [5, 5.41) is 4.30. The lowest BCUT2D eigenvalue weighted by Gasteiger charge is -2.29. The third-order valence-corrected chi connectivity index (χ3v) is 12.2. The lowest BCUT2D eigenvalue weighted by atomic mass is 10.1. The molecule has 4 rings (SSSR count). The zero-order valence-corrected chi connectivity index (χ0v) is 31.4. The quantitative estimate of drug-likeness (QED) is 0.108. The number of carbonyl (C=O) groups excluding carboxylic acids is 2. The molecule has 3 heterocycles. The summed E-state index contributed by atoms with van der Waals surface area (Å²) in [4.78, 5) is 33.7. The smallest absolute Gasteiger partial charge is 0.273 e. The van der Waals surface area contributed by atoms with Crippen molar-refractivity contribution < 1.29 is 27.6 Å². The summed E-state index contributed by atoms with van der Waals surface area (Å²) in [6, 6.07) is 9.66. The van der Waals surface area contributed by atoms with Gasteiger partial charge in [-0.15, -0.1) is 0 Å². The molecule has 2 amide bonds. The third kappa shape index (κ3) is 10.9. The summed E-state index contributed by atoms with van der Waals surface area (Å²) in [6.45, 7) is 4.47. The molecule has 1 unspecified atom stereocenters. The number of nitrogens with one attached hydrogen (secondary N) is 1. The van der Waals surface area contributed by atoms with Gasteiger partial charge in [-0.3, -0.25) is 33.6 Å². The van der Waals surface area contributed by atoms with Crippen molar-refractivity contribution in [3.63, 3.8) is 0 Å². The van der Waals surface area contributed by atoms with Crippen molar-refractivity contribution in [1.82, 2.24) is 9.88 Å². The van der Waals surface area contributed by atoms with Crippen molar-refractivity contribution in [1.29, 1.82) is 0 Å². The number of fused-ring (bicyclic) bond motifs is 2. The number of furan rings is 1. The third-order valence-electron chi connectivity index (χ3n) is 7.63. The number of rotatable bonds is 15. The second-order valence-electron chi connectivity index (χ2n) is 13.5. The van der Waals surface area contributed by atoms with Gasteiger partial charge in [0.15, 0.2) is 5.82 Å². The van der Waals surface area contributed by atoms with Crippen LogP contribution in [-0.4, -0.2) is 105 Å². The molecular formula is C33H49BN4O6PS2. The fraction of sp³-hybridized carbons (Fsp3) is 0.485. The fourth-order valence-electron chi connectivity index (χ4n) is 4.82. The second-order valence-corrected chi connectivity index (χ2v) is 24.6. The lowest BCUT2D eigenvalue weighted by Crippen LogP contribution is -2.33. The van der Waals surface area contributed by atoms with Crippen LogP contribution in [0, 0.1) is 6.92 Å². The van der Waals surface area contributed by atoms with Gasteiger partial charge in [0.2, 0.25) is 11.8 Å². The molecule has 2 aromatic heterocycles. The van der Waals surface area contributed by atoms with Gasteiger partial charge in [-0.1, -0.05) is 24.5 Å². The average Bonchev–Trinajstić information content (AvgIpc) is 3.20. The first kappa shape index (κ1) is 37.1. The molecule has 1 N–H and O–H groups in total. The van der Waals surface area contributed by atoms with Crippen molar-refractivity contribution >= 4 is 74.9 Å². The van der Waals surface area contributed by atoms with Gasteiger partial charge in [0.05, 0.1) is 18.8 Å². The summed E-state index contributed by atoms with van der Waals surface area (Å²) >= 11 is 0. The molecule has 0 bridgehead atoms. The molecule has 257 valence electrons. The Morgan fingerprint density at radius 2 is 1.87 bits per heavy atom. The Kier molecular flexibility index (Phi) is 12.4. The molecule has 0 aliphatic carbocycles. The van der Waals surface area contributed by atoms with Crippen LogP contribution < -0.4 is 10.2 Å². The molecule has 10 nitrogen and oxygen atoms in total. The van der Waals surface area contributed by atoms with Gasteiger partial charge in [0, 0.05) is 49.0 Å². The maximum atomic E-state index is 13.9. The molecule has 0 spiro atoms. The van der Waals surface area contributed by atoms with Gasteiger partial charge in [0.1, 0.15) is 18.1 Å². The molecule has 0 saturated carbocycles. The number of anilines is 2. The monoisotopic (exact) mass is 703 g/mol. The van der Waals surface area contributed by atoms with Gasteiger partial charge in [-0.05, 0) is 74.0 Å². The number of hydrogen-bond acceptors (Lipinski definition) is 8. The maximum absolute atomic E-state index is 13.9. The SMILES string of the molecule is Cc1c(CN(C)C(=O)/C=C/c2cnc3c(c2)NCCC(=O)N3COP(=O)([B]CCS(C)(C)C)OCCS(C)(C)C)oc2ccccc12.